The lowest BCUT2D eigenvalue weighted by molar-refractivity contribution is -0.128. The molecule has 7 nitrogen and oxygen atoms in total. The number of thioether (sulfide) groups is 1. The summed E-state index contributed by atoms with van der Waals surface area (Å²) in [5, 5.41) is 8.50. The predicted octanol–water partition coefficient (Wildman–Crippen LogP) is 3.19. The van der Waals surface area contributed by atoms with Crippen molar-refractivity contribution < 1.29 is 13.9 Å². The van der Waals surface area contributed by atoms with Crippen molar-refractivity contribution in [3.63, 3.8) is 0 Å². The van der Waals surface area contributed by atoms with Gasteiger partial charge in [-0.25, -0.2) is 0 Å². The van der Waals surface area contributed by atoms with Gasteiger partial charge >= 0.3 is 0 Å². The minimum atomic E-state index is 0.0897. The second-order valence-electron chi connectivity index (χ2n) is 6.59. The van der Waals surface area contributed by atoms with Crippen LogP contribution in [0.3, 0.4) is 0 Å². The number of anilines is 1. The number of rotatable bonds is 6. The SMILES string of the molecule is COc1ccc(-c2nnc(SCC(=O)N3CCN(c4ccccc4)CC3)o2)cc1. The first-order valence-corrected chi connectivity index (χ1v) is 10.4. The molecule has 0 saturated carbocycles. The van der Waals surface area contributed by atoms with Crippen molar-refractivity contribution >= 4 is 23.4 Å². The number of aromatic nitrogens is 2. The van der Waals surface area contributed by atoms with E-state index in [2.05, 4.69) is 27.2 Å². The lowest BCUT2D eigenvalue weighted by Crippen LogP contribution is -2.49. The molecule has 0 aliphatic carbocycles. The highest BCUT2D eigenvalue weighted by atomic mass is 32.2. The van der Waals surface area contributed by atoms with Gasteiger partial charge in [-0.2, -0.15) is 0 Å². The van der Waals surface area contributed by atoms with E-state index in [9.17, 15) is 4.79 Å². The van der Waals surface area contributed by atoms with Gasteiger partial charge in [0.15, 0.2) is 0 Å². The maximum atomic E-state index is 12.5. The summed E-state index contributed by atoms with van der Waals surface area (Å²) in [5.74, 6) is 1.57. The van der Waals surface area contributed by atoms with E-state index in [0.29, 0.717) is 11.1 Å². The zero-order chi connectivity index (χ0) is 20.1. The summed E-state index contributed by atoms with van der Waals surface area (Å²) < 4.78 is 10.8. The number of hydrogen-bond donors (Lipinski definition) is 0. The number of carbonyl (C=O) groups excluding carboxylic acids is 1. The van der Waals surface area contributed by atoms with Crippen LogP contribution in [0.1, 0.15) is 0 Å². The van der Waals surface area contributed by atoms with Crippen LogP contribution in [0.2, 0.25) is 0 Å². The van der Waals surface area contributed by atoms with Gasteiger partial charge in [0.25, 0.3) is 5.22 Å². The molecular weight excluding hydrogens is 388 g/mol. The van der Waals surface area contributed by atoms with E-state index < -0.39 is 0 Å². The lowest BCUT2D eigenvalue weighted by atomic mass is 10.2. The molecule has 1 aromatic heterocycles. The first-order chi connectivity index (χ1) is 14.2. The van der Waals surface area contributed by atoms with Gasteiger partial charge in [-0.1, -0.05) is 30.0 Å². The Morgan fingerprint density at radius 2 is 1.76 bits per heavy atom. The summed E-state index contributed by atoms with van der Waals surface area (Å²) in [4.78, 5) is 16.7. The molecule has 1 aliphatic heterocycles. The fourth-order valence-corrected chi connectivity index (χ4v) is 3.85. The number of carbonyl (C=O) groups is 1. The van der Waals surface area contributed by atoms with Gasteiger partial charge < -0.3 is 19.0 Å². The second-order valence-corrected chi connectivity index (χ2v) is 7.52. The molecule has 0 unspecified atom stereocenters. The van der Waals surface area contributed by atoms with Crippen LogP contribution in [-0.2, 0) is 4.79 Å². The number of para-hydroxylation sites is 1. The van der Waals surface area contributed by atoms with Crippen LogP contribution in [0, 0.1) is 0 Å². The van der Waals surface area contributed by atoms with Gasteiger partial charge in [0, 0.05) is 37.4 Å². The van der Waals surface area contributed by atoms with Crippen LogP contribution in [0.4, 0.5) is 5.69 Å². The lowest BCUT2D eigenvalue weighted by Gasteiger charge is -2.36. The summed E-state index contributed by atoms with van der Waals surface area (Å²) in [6.07, 6.45) is 0. The molecule has 0 spiro atoms. The highest BCUT2D eigenvalue weighted by Gasteiger charge is 2.22. The third-order valence-electron chi connectivity index (χ3n) is 4.82. The molecule has 1 fully saturated rings. The van der Waals surface area contributed by atoms with Crippen LogP contribution < -0.4 is 9.64 Å². The minimum Gasteiger partial charge on any atom is -0.497 e. The van der Waals surface area contributed by atoms with Crippen molar-refractivity contribution in [2.24, 2.45) is 0 Å². The number of amides is 1. The van der Waals surface area contributed by atoms with Crippen molar-refractivity contribution in [3.05, 3.63) is 54.6 Å². The molecule has 0 N–H and O–H groups in total. The number of methoxy groups -OCH3 is 1. The first kappa shape index (κ1) is 19.3. The van der Waals surface area contributed by atoms with Crippen LogP contribution in [0.5, 0.6) is 5.75 Å². The Morgan fingerprint density at radius 1 is 1.03 bits per heavy atom. The number of hydrogen-bond acceptors (Lipinski definition) is 7. The summed E-state index contributed by atoms with van der Waals surface area (Å²) in [6.45, 7) is 3.11. The molecule has 0 radical (unpaired) electrons. The summed E-state index contributed by atoms with van der Waals surface area (Å²) in [6, 6.07) is 17.7. The third kappa shape index (κ3) is 4.71. The van der Waals surface area contributed by atoms with Crippen LogP contribution in [0.25, 0.3) is 11.5 Å². The number of piperazine rings is 1. The highest BCUT2D eigenvalue weighted by molar-refractivity contribution is 7.99. The molecule has 1 amide bonds. The Morgan fingerprint density at radius 3 is 2.45 bits per heavy atom. The molecule has 1 aliphatic rings. The van der Waals surface area contributed by atoms with E-state index in [1.165, 1.54) is 17.4 Å². The summed E-state index contributed by atoms with van der Waals surface area (Å²) in [7, 11) is 1.62. The molecule has 0 atom stereocenters. The maximum Gasteiger partial charge on any atom is 0.277 e. The molecule has 3 aromatic rings. The summed E-state index contributed by atoms with van der Waals surface area (Å²) in [5.41, 5.74) is 2.01. The van der Waals surface area contributed by atoms with Gasteiger partial charge in [-0.3, -0.25) is 4.79 Å². The molecule has 1 saturated heterocycles. The fourth-order valence-electron chi connectivity index (χ4n) is 3.19. The normalized spacial score (nSPS) is 14.1. The number of benzene rings is 2. The Hall–Kier alpha value is -3.00. The smallest absolute Gasteiger partial charge is 0.277 e. The Kier molecular flexibility index (Phi) is 6.00. The topological polar surface area (TPSA) is 71.7 Å². The van der Waals surface area contributed by atoms with Crippen molar-refractivity contribution in [1.29, 1.82) is 0 Å². The van der Waals surface area contributed by atoms with E-state index in [-0.39, 0.29) is 11.7 Å². The van der Waals surface area contributed by atoms with Gasteiger partial charge in [-0.15, -0.1) is 10.2 Å². The average molecular weight is 410 g/mol. The molecule has 2 heterocycles. The Balaban J connectivity index is 1.27. The molecule has 150 valence electrons. The van der Waals surface area contributed by atoms with Crippen molar-refractivity contribution in [2.75, 3.05) is 43.9 Å². The Labute approximate surface area is 173 Å². The van der Waals surface area contributed by atoms with E-state index in [1.54, 1.807) is 7.11 Å². The van der Waals surface area contributed by atoms with E-state index in [4.69, 9.17) is 9.15 Å². The second kappa shape index (κ2) is 9.00. The maximum absolute atomic E-state index is 12.5. The molecular formula is C21H22N4O3S. The van der Waals surface area contributed by atoms with E-state index in [0.717, 1.165) is 37.5 Å². The zero-order valence-corrected chi connectivity index (χ0v) is 17.0. The fraction of sp³-hybridized carbons (Fsp3) is 0.286. The molecule has 8 heteroatoms. The molecule has 4 rings (SSSR count). The largest absolute Gasteiger partial charge is 0.497 e. The van der Waals surface area contributed by atoms with Crippen LogP contribution >= 0.6 is 11.8 Å². The molecule has 29 heavy (non-hydrogen) atoms. The van der Waals surface area contributed by atoms with Crippen LogP contribution in [-0.4, -0.2) is 60.0 Å². The summed E-state index contributed by atoms with van der Waals surface area (Å²) >= 11 is 1.27. The van der Waals surface area contributed by atoms with E-state index >= 15 is 0 Å². The van der Waals surface area contributed by atoms with Crippen molar-refractivity contribution in [1.82, 2.24) is 15.1 Å². The van der Waals surface area contributed by atoms with Crippen molar-refractivity contribution in [2.45, 2.75) is 5.22 Å². The number of ether oxygens (including phenoxy) is 1. The number of nitrogens with zero attached hydrogens (tertiary/aromatic N) is 4. The van der Waals surface area contributed by atoms with Gasteiger partial charge in [0.2, 0.25) is 11.8 Å². The van der Waals surface area contributed by atoms with Crippen molar-refractivity contribution in [3.8, 4) is 17.2 Å². The van der Waals surface area contributed by atoms with E-state index in [1.807, 2.05) is 47.4 Å². The molecule has 2 aromatic carbocycles. The monoisotopic (exact) mass is 410 g/mol. The van der Waals surface area contributed by atoms with Crippen LogP contribution in [0.15, 0.2) is 64.2 Å². The quantitative estimate of drug-likeness (QED) is 0.578. The predicted molar refractivity (Wildman–Crippen MR) is 112 cm³/mol. The third-order valence-corrected chi connectivity index (χ3v) is 5.62. The van der Waals surface area contributed by atoms with Gasteiger partial charge in [-0.05, 0) is 36.4 Å². The first-order valence-electron chi connectivity index (χ1n) is 9.41. The minimum absolute atomic E-state index is 0.0897. The standard InChI is InChI=1S/C21H22N4O3S/c1-27-18-9-7-16(8-10-18)20-22-23-21(28-20)29-15-19(26)25-13-11-24(12-14-25)17-5-3-2-4-6-17/h2-10H,11-15H2,1H3. The molecule has 0 bridgehead atoms. The average Bonchev–Trinajstić information content (AvgIpc) is 3.27. The highest BCUT2D eigenvalue weighted by Crippen LogP contribution is 2.25. The Bertz CT molecular complexity index is 938. The zero-order valence-electron chi connectivity index (χ0n) is 16.2. The van der Waals surface area contributed by atoms with Gasteiger partial charge in [0.1, 0.15) is 5.75 Å². The van der Waals surface area contributed by atoms with Gasteiger partial charge in [0.05, 0.1) is 12.9 Å².